The van der Waals surface area contributed by atoms with Crippen LogP contribution in [0.15, 0.2) is 10.6 Å². The Morgan fingerprint density at radius 1 is 1.38 bits per heavy atom. The van der Waals surface area contributed by atoms with Crippen LogP contribution in [0.4, 0.5) is 0 Å². The van der Waals surface area contributed by atoms with E-state index in [1.54, 1.807) is 0 Å². The quantitative estimate of drug-likeness (QED) is 0.507. The molecular formula is C6H10Cl2. The molecule has 0 aliphatic heterocycles. The lowest BCUT2D eigenvalue weighted by Gasteiger charge is -2.01. The second-order valence-electron chi connectivity index (χ2n) is 1.83. The Bertz CT molecular complexity index is 99.1. The smallest absolute Gasteiger partial charge is 0.0528 e. The molecule has 0 radical (unpaired) electrons. The fourth-order valence-electron chi connectivity index (χ4n) is 0.274. The van der Waals surface area contributed by atoms with Gasteiger partial charge in [0.05, 0.1) is 5.38 Å². The van der Waals surface area contributed by atoms with E-state index in [2.05, 4.69) is 0 Å². The fourth-order valence-corrected chi connectivity index (χ4v) is 0.657. The van der Waals surface area contributed by atoms with Gasteiger partial charge in [-0.25, -0.2) is 0 Å². The minimum atomic E-state index is 0.0625. The van der Waals surface area contributed by atoms with Crippen molar-refractivity contribution >= 4 is 23.2 Å². The van der Waals surface area contributed by atoms with Crippen LogP contribution in [0, 0.1) is 0 Å². The lowest BCUT2D eigenvalue weighted by atomic mass is 10.2. The summed E-state index contributed by atoms with van der Waals surface area (Å²) >= 11 is 11.3. The maximum atomic E-state index is 5.68. The molecule has 0 saturated heterocycles. The molecule has 8 heavy (non-hydrogen) atoms. The van der Waals surface area contributed by atoms with E-state index in [0.717, 1.165) is 10.6 Å². The molecule has 48 valence electrons. The molecule has 1 unspecified atom stereocenters. The zero-order chi connectivity index (χ0) is 6.73. The van der Waals surface area contributed by atoms with Crippen molar-refractivity contribution in [2.75, 3.05) is 0 Å². The highest BCUT2D eigenvalue weighted by Gasteiger charge is 1.99. The van der Waals surface area contributed by atoms with Gasteiger partial charge in [-0.15, -0.1) is 11.6 Å². The Morgan fingerprint density at radius 2 is 1.75 bits per heavy atom. The molecule has 0 amide bonds. The van der Waals surface area contributed by atoms with Crippen molar-refractivity contribution in [3.05, 3.63) is 10.6 Å². The summed E-state index contributed by atoms with van der Waals surface area (Å²) in [6.45, 7) is 5.68. The van der Waals surface area contributed by atoms with Gasteiger partial charge >= 0.3 is 0 Å². The summed E-state index contributed by atoms with van der Waals surface area (Å²) in [4.78, 5) is 0. The monoisotopic (exact) mass is 152 g/mol. The Hall–Kier alpha value is 0.320. The van der Waals surface area contributed by atoms with Crippen molar-refractivity contribution in [3.8, 4) is 0 Å². The first kappa shape index (κ1) is 8.32. The van der Waals surface area contributed by atoms with Crippen molar-refractivity contribution in [1.29, 1.82) is 0 Å². The van der Waals surface area contributed by atoms with Gasteiger partial charge in [0.15, 0.2) is 0 Å². The lowest BCUT2D eigenvalue weighted by Crippen LogP contribution is -1.92. The third-order valence-corrected chi connectivity index (χ3v) is 1.77. The molecule has 0 heterocycles. The van der Waals surface area contributed by atoms with Crippen LogP contribution in [0.5, 0.6) is 0 Å². The molecule has 1 atom stereocenters. The topological polar surface area (TPSA) is 0 Å². The summed E-state index contributed by atoms with van der Waals surface area (Å²) < 4.78 is 0. The zero-order valence-electron chi connectivity index (χ0n) is 5.33. The van der Waals surface area contributed by atoms with Crippen LogP contribution in [0.3, 0.4) is 0 Å². The molecule has 0 aromatic rings. The fraction of sp³-hybridized carbons (Fsp3) is 0.667. The second kappa shape index (κ2) is 3.37. The molecule has 0 aliphatic carbocycles. The highest BCUT2D eigenvalue weighted by atomic mass is 35.5. The lowest BCUT2D eigenvalue weighted by molar-refractivity contribution is 1.09. The highest BCUT2D eigenvalue weighted by Crippen LogP contribution is 2.15. The molecule has 0 fully saturated rings. The Morgan fingerprint density at radius 3 is 1.75 bits per heavy atom. The Labute approximate surface area is 60.5 Å². The van der Waals surface area contributed by atoms with E-state index in [1.807, 2.05) is 20.8 Å². The minimum absolute atomic E-state index is 0.0625. The van der Waals surface area contributed by atoms with Crippen LogP contribution >= 0.6 is 23.2 Å². The predicted octanol–water partition coefficient (Wildman–Crippen LogP) is 3.15. The second-order valence-corrected chi connectivity index (χ2v) is 3.05. The van der Waals surface area contributed by atoms with Crippen LogP contribution in [-0.4, -0.2) is 5.38 Å². The van der Waals surface area contributed by atoms with Crippen LogP contribution < -0.4 is 0 Å². The number of allylic oxidation sites excluding steroid dienone is 2. The van der Waals surface area contributed by atoms with E-state index >= 15 is 0 Å². The van der Waals surface area contributed by atoms with Crippen LogP contribution in [-0.2, 0) is 0 Å². The van der Waals surface area contributed by atoms with Gasteiger partial charge in [0.25, 0.3) is 0 Å². The van der Waals surface area contributed by atoms with Gasteiger partial charge in [-0.1, -0.05) is 11.6 Å². The maximum absolute atomic E-state index is 5.68. The van der Waals surface area contributed by atoms with Gasteiger partial charge in [0.2, 0.25) is 0 Å². The normalized spacial score (nSPS) is 17.6. The number of hydrogen-bond acceptors (Lipinski definition) is 0. The number of alkyl halides is 1. The molecule has 0 nitrogen and oxygen atoms in total. The summed E-state index contributed by atoms with van der Waals surface area (Å²) in [6.07, 6.45) is 0. The molecule has 0 rings (SSSR count). The van der Waals surface area contributed by atoms with Crippen molar-refractivity contribution < 1.29 is 0 Å². The standard InChI is InChI=1S/C6H10Cl2/c1-4(5(2)7)6(3)8/h5H,1-3H3. The SMILES string of the molecule is CC(Cl)=C(C)C(C)Cl. The van der Waals surface area contributed by atoms with Gasteiger partial charge in [-0.3, -0.25) is 0 Å². The van der Waals surface area contributed by atoms with E-state index in [1.165, 1.54) is 0 Å². The third kappa shape index (κ3) is 2.58. The molecular weight excluding hydrogens is 143 g/mol. The number of halogens is 2. The average Bonchev–Trinajstić information content (AvgIpc) is 1.64. The molecule has 0 aromatic heterocycles. The summed E-state index contributed by atoms with van der Waals surface area (Å²) in [5, 5.41) is 0.861. The first-order valence-corrected chi connectivity index (χ1v) is 3.34. The summed E-state index contributed by atoms with van der Waals surface area (Å²) in [5.41, 5.74) is 1.05. The predicted molar refractivity (Wildman–Crippen MR) is 39.5 cm³/mol. The van der Waals surface area contributed by atoms with E-state index < -0.39 is 0 Å². The van der Waals surface area contributed by atoms with Crippen molar-refractivity contribution in [2.45, 2.75) is 26.1 Å². The van der Waals surface area contributed by atoms with Crippen molar-refractivity contribution in [3.63, 3.8) is 0 Å². The van der Waals surface area contributed by atoms with Gasteiger partial charge in [0.1, 0.15) is 0 Å². The van der Waals surface area contributed by atoms with Crippen LogP contribution in [0.2, 0.25) is 0 Å². The Balaban J connectivity index is 4.00. The maximum Gasteiger partial charge on any atom is 0.0528 e. The molecule has 2 heteroatoms. The highest BCUT2D eigenvalue weighted by molar-refractivity contribution is 6.31. The van der Waals surface area contributed by atoms with E-state index in [4.69, 9.17) is 23.2 Å². The third-order valence-electron chi connectivity index (χ3n) is 1.14. The largest absolute Gasteiger partial charge is 0.118 e. The minimum Gasteiger partial charge on any atom is -0.118 e. The van der Waals surface area contributed by atoms with Crippen LogP contribution in [0.25, 0.3) is 0 Å². The summed E-state index contributed by atoms with van der Waals surface area (Å²) in [5.74, 6) is 0. The average molecular weight is 153 g/mol. The Kier molecular flexibility index (Phi) is 3.50. The van der Waals surface area contributed by atoms with Gasteiger partial charge < -0.3 is 0 Å². The molecule has 0 spiro atoms. The molecule has 0 bridgehead atoms. The first-order valence-electron chi connectivity index (χ1n) is 2.52. The first-order chi connectivity index (χ1) is 3.55. The van der Waals surface area contributed by atoms with Gasteiger partial charge in [-0.05, 0) is 26.3 Å². The zero-order valence-corrected chi connectivity index (χ0v) is 6.85. The molecule has 0 N–H and O–H groups in total. The van der Waals surface area contributed by atoms with Gasteiger partial charge in [0, 0.05) is 5.03 Å². The van der Waals surface area contributed by atoms with Gasteiger partial charge in [-0.2, -0.15) is 0 Å². The molecule has 0 aromatic carbocycles. The molecule has 0 aliphatic rings. The van der Waals surface area contributed by atoms with E-state index in [9.17, 15) is 0 Å². The summed E-state index contributed by atoms with van der Waals surface area (Å²) in [6, 6.07) is 0. The van der Waals surface area contributed by atoms with Crippen LogP contribution in [0.1, 0.15) is 20.8 Å². The van der Waals surface area contributed by atoms with Crippen molar-refractivity contribution in [1.82, 2.24) is 0 Å². The summed E-state index contributed by atoms with van der Waals surface area (Å²) in [7, 11) is 0. The molecule has 0 saturated carbocycles. The number of rotatable bonds is 1. The van der Waals surface area contributed by atoms with E-state index in [0.29, 0.717) is 0 Å². The van der Waals surface area contributed by atoms with Crippen molar-refractivity contribution in [2.24, 2.45) is 0 Å². The van der Waals surface area contributed by atoms with E-state index in [-0.39, 0.29) is 5.38 Å². The number of hydrogen-bond donors (Lipinski definition) is 0.